The van der Waals surface area contributed by atoms with Crippen LogP contribution in [0.15, 0.2) is 42.4 Å². The maximum atomic E-state index is 8.75. The van der Waals surface area contributed by atoms with Gasteiger partial charge in [0, 0.05) is 0 Å². The molecular formula is C9H10O2. The molecule has 2 nitrogen and oxygen atoms in total. The SMILES string of the molecule is C/C(O)=C\Oc1ccccc1. The average molecular weight is 150 g/mol. The average Bonchev–Trinajstić information content (AvgIpc) is 2.03. The summed E-state index contributed by atoms with van der Waals surface area (Å²) in [5.41, 5.74) is 0. The minimum atomic E-state index is 0.161. The third kappa shape index (κ3) is 2.76. The highest BCUT2D eigenvalue weighted by Gasteiger charge is 1.86. The summed E-state index contributed by atoms with van der Waals surface area (Å²) in [6.07, 6.45) is 1.30. The Kier molecular flexibility index (Phi) is 2.55. The molecule has 58 valence electrons. The topological polar surface area (TPSA) is 29.5 Å². The Labute approximate surface area is 65.7 Å². The van der Waals surface area contributed by atoms with E-state index in [4.69, 9.17) is 9.84 Å². The Morgan fingerprint density at radius 1 is 1.36 bits per heavy atom. The Morgan fingerprint density at radius 3 is 2.55 bits per heavy atom. The van der Waals surface area contributed by atoms with Crippen LogP contribution in [0.1, 0.15) is 6.92 Å². The van der Waals surface area contributed by atoms with Crippen molar-refractivity contribution in [2.75, 3.05) is 0 Å². The monoisotopic (exact) mass is 150 g/mol. The van der Waals surface area contributed by atoms with Crippen LogP contribution in [-0.2, 0) is 0 Å². The van der Waals surface area contributed by atoms with E-state index in [1.807, 2.05) is 30.3 Å². The van der Waals surface area contributed by atoms with E-state index in [0.29, 0.717) is 0 Å². The van der Waals surface area contributed by atoms with Crippen LogP contribution in [0.3, 0.4) is 0 Å². The summed E-state index contributed by atoms with van der Waals surface area (Å²) < 4.78 is 5.06. The van der Waals surface area contributed by atoms with E-state index in [0.717, 1.165) is 5.75 Å². The summed E-state index contributed by atoms with van der Waals surface area (Å²) in [7, 11) is 0. The molecule has 0 fully saturated rings. The first-order valence-electron chi connectivity index (χ1n) is 3.36. The molecule has 0 radical (unpaired) electrons. The van der Waals surface area contributed by atoms with Gasteiger partial charge in [0.1, 0.15) is 17.8 Å². The number of benzene rings is 1. The van der Waals surface area contributed by atoms with Gasteiger partial charge >= 0.3 is 0 Å². The molecule has 0 saturated heterocycles. The lowest BCUT2D eigenvalue weighted by Crippen LogP contribution is -1.83. The number of rotatable bonds is 2. The van der Waals surface area contributed by atoms with E-state index in [9.17, 15) is 0 Å². The van der Waals surface area contributed by atoms with Gasteiger partial charge in [0.25, 0.3) is 0 Å². The molecule has 0 unspecified atom stereocenters. The van der Waals surface area contributed by atoms with Gasteiger partial charge in [-0.1, -0.05) is 18.2 Å². The number of hydrogen-bond acceptors (Lipinski definition) is 2. The van der Waals surface area contributed by atoms with Crippen LogP contribution in [0.5, 0.6) is 5.75 Å². The predicted molar refractivity (Wildman–Crippen MR) is 43.5 cm³/mol. The summed E-state index contributed by atoms with van der Waals surface area (Å²) in [5, 5.41) is 8.75. The van der Waals surface area contributed by atoms with E-state index in [2.05, 4.69) is 0 Å². The lowest BCUT2D eigenvalue weighted by molar-refractivity contribution is 0.370. The quantitative estimate of drug-likeness (QED) is 0.656. The van der Waals surface area contributed by atoms with Crippen molar-refractivity contribution in [1.82, 2.24) is 0 Å². The second kappa shape index (κ2) is 3.66. The molecule has 11 heavy (non-hydrogen) atoms. The van der Waals surface area contributed by atoms with Gasteiger partial charge in [-0.2, -0.15) is 0 Å². The molecule has 0 aliphatic carbocycles. The second-order valence-corrected chi connectivity index (χ2v) is 2.19. The largest absolute Gasteiger partial charge is 0.509 e. The van der Waals surface area contributed by atoms with Gasteiger partial charge in [-0.25, -0.2) is 0 Å². The summed E-state index contributed by atoms with van der Waals surface area (Å²) in [5.74, 6) is 0.884. The standard InChI is InChI=1S/C9H10O2/c1-8(10)7-11-9-5-3-2-4-6-9/h2-7,10H,1H3/b8-7+. The fraction of sp³-hybridized carbons (Fsp3) is 0.111. The Hall–Kier alpha value is -1.44. The number of aliphatic hydroxyl groups excluding tert-OH is 1. The summed E-state index contributed by atoms with van der Waals surface area (Å²) in [6, 6.07) is 9.28. The van der Waals surface area contributed by atoms with E-state index >= 15 is 0 Å². The van der Waals surface area contributed by atoms with Gasteiger partial charge in [0.15, 0.2) is 0 Å². The van der Waals surface area contributed by atoms with Crippen molar-refractivity contribution in [3.8, 4) is 5.75 Å². The first-order valence-corrected chi connectivity index (χ1v) is 3.36. The molecule has 1 aromatic carbocycles. The molecule has 0 aromatic heterocycles. The lowest BCUT2D eigenvalue weighted by atomic mass is 10.3. The van der Waals surface area contributed by atoms with Gasteiger partial charge < -0.3 is 9.84 Å². The van der Waals surface area contributed by atoms with E-state index in [1.54, 1.807) is 6.92 Å². The van der Waals surface area contributed by atoms with Crippen LogP contribution >= 0.6 is 0 Å². The van der Waals surface area contributed by atoms with Crippen molar-refractivity contribution >= 4 is 0 Å². The highest BCUT2D eigenvalue weighted by atomic mass is 16.5. The maximum absolute atomic E-state index is 8.75. The summed E-state index contributed by atoms with van der Waals surface area (Å²) in [6.45, 7) is 1.56. The molecule has 0 spiro atoms. The fourth-order valence-electron chi connectivity index (χ4n) is 0.652. The predicted octanol–water partition coefficient (Wildman–Crippen LogP) is 2.48. The molecule has 1 rings (SSSR count). The molecule has 0 aliphatic heterocycles. The van der Waals surface area contributed by atoms with E-state index < -0.39 is 0 Å². The van der Waals surface area contributed by atoms with Crippen LogP contribution in [0, 0.1) is 0 Å². The third-order valence-electron chi connectivity index (χ3n) is 1.11. The zero-order valence-corrected chi connectivity index (χ0v) is 6.32. The molecule has 2 heteroatoms. The second-order valence-electron chi connectivity index (χ2n) is 2.19. The molecular weight excluding hydrogens is 140 g/mol. The van der Waals surface area contributed by atoms with Crippen molar-refractivity contribution in [1.29, 1.82) is 0 Å². The Bertz CT molecular complexity index is 235. The fourth-order valence-corrected chi connectivity index (χ4v) is 0.652. The summed E-state index contributed by atoms with van der Waals surface area (Å²) >= 11 is 0. The van der Waals surface area contributed by atoms with Crippen LogP contribution in [0.4, 0.5) is 0 Å². The van der Waals surface area contributed by atoms with E-state index in [1.165, 1.54) is 6.26 Å². The highest BCUT2D eigenvalue weighted by Crippen LogP contribution is 2.08. The zero-order chi connectivity index (χ0) is 8.10. The van der Waals surface area contributed by atoms with Crippen LogP contribution in [0.25, 0.3) is 0 Å². The van der Waals surface area contributed by atoms with Crippen LogP contribution < -0.4 is 4.74 Å². The van der Waals surface area contributed by atoms with Gasteiger partial charge in [-0.15, -0.1) is 0 Å². The van der Waals surface area contributed by atoms with Crippen LogP contribution in [-0.4, -0.2) is 5.11 Å². The minimum Gasteiger partial charge on any atom is -0.509 e. The first-order chi connectivity index (χ1) is 5.29. The smallest absolute Gasteiger partial charge is 0.128 e. The number of ether oxygens (including phenoxy) is 1. The normalized spacial score (nSPS) is 11.2. The van der Waals surface area contributed by atoms with Crippen LogP contribution in [0.2, 0.25) is 0 Å². The Morgan fingerprint density at radius 2 is 2.00 bits per heavy atom. The van der Waals surface area contributed by atoms with Gasteiger partial charge in [0.2, 0.25) is 0 Å². The number of para-hydroxylation sites is 1. The third-order valence-corrected chi connectivity index (χ3v) is 1.11. The zero-order valence-electron chi connectivity index (χ0n) is 6.32. The minimum absolute atomic E-state index is 0.161. The highest BCUT2D eigenvalue weighted by molar-refractivity contribution is 5.21. The number of allylic oxidation sites excluding steroid dienone is 1. The van der Waals surface area contributed by atoms with Crippen molar-refractivity contribution < 1.29 is 9.84 Å². The first kappa shape index (κ1) is 7.66. The molecule has 1 aromatic rings. The van der Waals surface area contributed by atoms with Crippen molar-refractivity contribution in [2.45, 2.75) is 6.92 Å². The lowest BCUT2D eigenvalue weighted by Gasteiger charge is -1.97. The van der Waals surface area contributed by atoms with E-state index in [-0.39, 0.29) is 5.76 Å². The van der Waals surface area contributed by atoms with Crippen molar-refractivity contribution in [2.24, 2.45) is 0 Å². The van der Waals surface area contributed by atoms with Gasteiger partial charge in [-0.05, 0) is 19.1 Å². The molecule has 0 aliphatic rings. The van der Waals surface area contributed by atoms with Gasteiger partial charge in [0.05, 0.1) is 0 Å². The molecule has 0 amide bonds. The number of aliphatic hydroxyl groups is 1. The summed E-state index contributed by atoms with van der Waals surface area (Å²) in [4.78, 5) is 0. The van der Waals surface area contributed by atoms with Gasteiger partial charge in [-0.3, -0.25) is 0 Å². The number of hydrogen-bond donors (Lipinski definition) is 1. The maximum Gasteiger partial charge on any atom is 0.128 e. The molecule has 0 saturated carbocycles. The molecule has 0 heterocycles. The molecule has 0 bridgehead atoms. The van der Waals surface area contributed by atoms with Crippen molar-refractivity contribution in [3.63, 3.8) is 0 Å². The van der Waals surface area contributed by atoms with Crippen molar-refractivity contribution in [3.05, 3.63) is 42.4 Å². The molecule has 0 atom stereocenters. The molecule has 1 N–H and O–H groups in total. The Balaban J connectivity index is 2.59.